The lowest BCUT2D eigenvalue weighted by Crippen LogP contribution is -2.20. The molecule has 0 saturated heterocycles. The predicted octanol–water partition coefficient (Wildman–Crippen LogP) is 3.43. The third kappa shape index (κ3) is 3.82. The van der Waals surface area contributed by atoms with Crippen LogP contribution in [0.1, 0.15) is 15.9 Å². The number of nitrogens with one attached hydrogen (secondary N) is 2. The van der Waals surface area contributed by atoms with Gasteiger partial charge >= 0.3 is 12.0 Å². The van der Waals surface area contributed by atoms with E-state index in [1.165, 1.54) is 7.11 Å². The van der Waals surface area contributed by atoms with Crippen LogP contribution in [0.3, 0.4) is 0 Å². The first-order valence-corrected chi connectivity index (χ1v) is 6.42. The Morgan fingerprint density at radius 2 is 1.76 bits per heavy atom. The molecule has 0 saturated carbocycles. The van der Waals surface area contributed by atoms with Crippen molar-refractivity contribution < 1.29 is 14.3 Å². The lowest BCUT2D eigenvalue weighted by atomic mass is 10.2. The highest BCUT2D eigenvalue weighted by Crippen LogP contribution is 2.15. The largest absolute Gasteiger partial charge is 0.465 e. The zero-order valence-electron chi connectivity index (χ0n) is 11.8. The SMILES string of the molecule is COC(=O)c1cccc(NC(=O)Nc2ccccc2C)c1. The fourth-order valence-electron chi connectivity index (χ4n) is 1.84. The summed E-state index contributed by atoms with van der Waals surface area (Å²) in [5.41, 5.74) is 2.60. The van der Waals surface area contributed by atoms with Gasteiger partial charge < -0.3 is 15.4 Å². The standard InChI is InChI=1S/C16H16N2O3/c1-11-6-3-4-9-14(11)18-16(20)17-13-8-5-7-12(10-13)15(19)21-2/h3-10H,1-2H3,(H2,17,18,20). The van der Waals surface area contributed by atoms with Crippen molar-refractivity contribution in [2.45, 2.75) is 6.92 Å². The average Bonchev–Trinajstić information content (AvgIpc) is 2.49. The molecule has 5 heteroatoms. The van der Waals surface area contributed by atoms with Crippen molar-refractivity contribution in [3.8, 4) is 0 Å². The van der Waals surface area contributed by atoms with E-state index in [9.17, 15) is 9.59 Å². The van der Waals surface area contributed by atoms with Crippen LogP contribution in [0.2, 0.25) is 0 Å². The summed E-state index contributed by atoms with van der Waals surface area (Å²) in [4.78, 5) is 23.4. The maximum absolute atomic E-state index is 11.9. The molecule has 21 heavy (non-hydrogen) atoms. The van der Waals surface area contributed by atoms with E-state index in [0.717, 1.165) is 11.3 Å². The Labute approximate surface area is 122 Å². The van der Waals surface area contributed by atoms with Crippen LogP contribution in [0.4, 0.5) is 16.2 Å². The summed E-state index contributed by atoms with van der Waals surface area (Å²) >= 11 is 0. The summed E-state index contributed by atoms with van der Waals surface area (Å²) in [5, 5.41) is 5.43. The second-order valence-electron chi connectivity index (χ2n) is 4.47. The highest BCUT2D eigenvalue weighted by atomic mass is 16.5. The number of hydrogen-bond donors (Lipinski definition) is 2. The van der Waals surface area contributed by atoms with E-state index in [4.69, 9.17) is 0 Å². The zero-order valence-corrected chi connectivity index (χ0v) is 11.8. The molecule has 0 atom stereocenters. The summed E-state index contributed by atoms with van der Waals surface area (Å²) in [5.74, 6) is -0.446. The summed E-state index contributed by atoms with van der Waals surface area (Å²) in [6.07, 6.45) is 0. The Balaban J connectivity index is 2.06. The predicted molar refractivity (Wildman–Crippen MR) is 81.6 cm³/mol. The number of benzene rings is 2. The second kappa shape index (κ2) is 6.56. The first-order chi connectivity index (χ1) is 10.1. The molecule has 2 amide bonds. The Hall–Kier alpha value is -2.82. The van der Waals surface area contributed by atoms with Crippen LogP contribution in [0, 0.1) is 6.92 Å². The van der Waals surface area contributed by atoms with Crippen molar-refractivity contribution in [2.75, 3.05) is 17.7 Å². The highest BCUT2D eigenvalue weighted by Gasteiger charge is 2.08. The van der Waals surface area contributed by atoms with Crippen LogP contribution < -0.4 is 10.6 Å². The number of amides is 2. The first-order valence-electron chi connectivity index (χ1n) is 6.42. The molecule has 0 spiro atoms. The molecule has 0 bridgehead atoms. The van der Waals surface area contributed by atoms with Crippen molar-refractivity contribution in [1.29, 1.82) is 0 Å². The van der Waals surface area contributed by atoms with E-state index >= 15 is 0 Å². The van der Waals surface area contributed by atoms with Crippen LogP contribution in [0.15, 0.2) is 48.5 Å². The first kappa shape index (κ1) is 14.6. The summed E-state index contributed by atoms with van der Waals surface area (Å²) in [6, 6.07) is 13.7. The van der Waals surface area contributed by atoms with Gasteiger partial charge in [-0.15, -0.1) is 0 Å². The number of hydrogen-bond acceptors (Lipinski definition) is 3. The van der Waals surface area contributed by atoms with Gasteiger partial charge in [0, 0.05) is 11.4 Å². The number of rotatable bonds is 3. The van der Waals surface area contributed by atoms with E-state index in [2.05, 4.69) is 15.4 Å². The van der Waals surface area contributed by atoms with E-state index in [-0.39, 0.29) is 6.03 Å². The minimum absolute atomic E-state index is 0.369. The molecular weight excluding hydrogens is 268 g/mol. The number of ether oxygens (including phenoxy) is 1. The van der Waals surface area contributed by atoms with Crippen LogP contribution >= 0.6 is 0 Å². The van der Waals surface area contributed by atoms with Gasteiger partial charge in [0.1, 0.15) is 0 Å². The van der Waals surface area contributed by atoms with Crippen LogP contribution in [-0.4, -0.2) is 19.1 Å². The second-order valence-corrected chi connectivity index (χ2v) is 4.47. The lowest BCUT2D eigenvalue weighted by molar-refractivity contribution is 0.0600. The molecule has 108 valence electrons. The van der Waals surface area contributed by atoms with Gasteiger partial charge in [-0.2, -0.15) is 0 Å². The molecule has 0 aliphatic rings. The molecule has 0 fully saturated rings. The van der Waals surface area contributed by atoms with Crippen LogP contribution in [0.5, 0.6) is 0 Å². The van der Waals surface area contributed by atoms with E-state index in [1.54, 1.807) is 24.3 Å². The van der Waals surface area contributed by atoms with E-state index < -0.39 is 5.97 Å². The molecule has 0 radical (unpaired) electrons. The zero-order chi connectivity index (χ0) is 15.2. The summed E-state index contributed by atoms with van der Waals surface area (Å²) in [6.45, 7) is 1.91. The monoisotopic (exact) mass is 284 g/mol. The Bertz CT molecular complexity index is 668. The molecule has 2 rings (SSSR count). The minimum atomic E-state index is -0.446. The highest BCUT2D eigenvalue weighted by molar-refractivity contribution is 6.01. The topological polar surface area (TPSA) is 67.4 Å². The van der Waals surface area contributed by atoms with E-state index in [1.807, 2.05) is 31.2 Å². The van der Waals surface area contributed by atoms with Crippen molar-refractivity contribution in [3.05, 3.63) is 59.7 Å². The number of anilines is 2. The lowest BCUT2D eigenvalue weighted by Gasteiger charge is -2.10. The van der Waals surface area contributed by atoms with Gasteiger partial charge in [0.2, 0.25) is 0 Å². The Kier molecular flexibility index (Phi) is 4.56. The van der Waals surface area contributed by atoms with Crippen LogP contribution in [-0.2, 0) is 4.74 Å². The van der Waals surface area contributed by atoms with Gasteiger partial charge in [0.25, 0.3) is 0 Å². The average molecular weight is 284 g/mol. The Morgan fingerprint density at radius 3 is 2.48 bits per heavy atom. The van der Waals surface area contributed by atoms with Crippen molar-refractivity contribution in [1.82, 2.24) is 0 Å². The molecule has 2 N–H and O–H groups in total. The maximum atomic E-state index is 11.9. The fraction of sp³-hybridized carbons (Fsp3) is 0.125. The van der Waals surface area contributed by atoms with Crippen LogP contribution in [0.25, 0.3) is 0 Å². The van der Waals surface area contributed by atoms with Gasteiger partial charge in [0.05, 0.1) is 12.7 Å². The number of para-hydroxylation sites is 1. The number of esters is 1. The maximum Gasteiger partial charge on any atom is 0.337 e. The molecule has 0 aliphatic carbocycles. The normalized spacial score (nSPS) is 9.81. The van der Waals surface area contributed by atoms with Gasteiger partial charge in [-0.25, -0.2) is 9.59 Å². The number of aryl methyl sites for hydroxylation is 1. The van der Waals surface area contributed by atoms with Gasteiger partial charge in [-0.1, -0.05) is 24.3 Å². The fourth-order valence-corrected chi connectivity index (χ4v) is 1.84. The number of carbonyl (C=O) groups excluding carboxylic acids is 2. The third-order valence-corrected chi connectivity index (χ3v) is 2.93. The number of methoxy groups -OCH3 is 1. The third-order valence-electron chi connectivity index (χ3n) is 2.93. The van der Waals surface area contributed by atoms with Gasteiger partial charge in [0.15, 0.2) is 0 Å². The molecule has 0 unspecified atom stereocenters. The molecular formula is C16H16N2O3. The summed E-state index contributed by atoms with van der Waals surface area (Å²) < 4.78 is 4.64. The molecule has 0 aliphatic heterocycles. The van der Waals surface area contributed by atoms with Crippen molar-refractivity contribution >= 4 is 23.4 Å². The minimum Gasteiger partial charge on any atom is -0.465 e. The van der Waals surface area contributed by atoms with Crippen molar-refractivity contribution in [3.63, 3.8) is 0 Å². The van der Waals surface area contributed by atoms with Gasteiger partial charge in [-0.3, -0.25) is 0 Å². The smallest absolute Gasteiger partial charge is 0.337 e. The number of carbonyl (C=O) groups is 2. The molecule has 0 aromatic heterocycles. The molecule has 0 heterocycles. The quantitative estimate of drug-likeness (QED) is 0.848. The van der Waals surface area contributed by atoms with Crippen molar-refractivity contribution in [2.24, 2.45) is 0 Å². The molecule has 2 aromatic rings. The summed E-state index contributed by atoms with van der Waals surface area (Å²) in [7, 11) is 1.31. The van der Waals surface area contributed by atoms with Gasteiger partial charge in [-0.05, 0) is 36.8 Å². The van der Waals surface area contributed by atoms with E-state index in [0.29, 0.717) is 11.3 Å². The Morgan fingerprint density at radius 1 is 1.00 bits per heavy atom. The molecule has 2 aromatic carbocycles. The molecule has 5 nitrogen and oxygen atoms in total. The number of urea groups is 1.